The van der Waals surface area contributed by atoms with Gasteiger partial charge >= 0.3 is 0 Å². The summed E-state index contributed by atoms with van der Waals surface area (Å²) in [5.74, 6) is -0.564. The van der Waals surface area contributed by atoms with Gasteiger partial charge in [-0.15, -0.1) is 0 Å². The number of carbonyl (C=O) groups excluding carboxylic acids is 2. The molecule has 0 unspecified atom stereocenters. The van der Waals surface area contributed by atoms with Gasteiger partial charge in [0.25, 0.3) is 0 Å². The number of phenols is 1. The van der Waals surface area contributed by atoms with Gasteiger partial charge in [-0.05, 0) is 34.9 Å². The Morgan fingerprint density at radius 3 is 2.07 bits per heavy atom. The predicted molar refractivity (Wildman–Crippen MR) is 113 cm³/mol. The van der Waals surface area contributed by atoms with Crippen molar-refractivity contribution < 1.29 is 19.4 Å². The lowest BCUT2D eigenvalue weighted by molar-refractivity contribution is -0.125. The van der Waals surface area contributed by atoms with Crippen molar-refractivity contribution in [2.45, 2.75) is 12.3 Å². The van der Waals surface area contributed by atoms with Crippen LogP contribution in [0, 0.1) is 0 Å². The van der Waals surface area contributed by atoms with Crippen molar-refractivity contribution in [2.24, 2.45) is 0 Å². The summed E-state index contributed by atoms with van der Waals surface area (Å²) in [5, 5.41) is 9.65. The zero-order valence-corrected chi connectivity index (χ0v) is 16.1. The van der Waals surface area contributed by atoms with Gasteiger partial charge in [-0.3, -0.25) is 9.59 Å². The van der Waals surface area contributed by atoms with Crippen LogP contribution in [-0.2, 0) is 9.59 Å². The number of methoxy groups -OCH3 is 1. The fourth-order valence-corrected chi connectivity index (χ4v) is 3.17. The molecule has 3 aromatic carbocycles. The number of carbonyl (C=O) groups is 2. The average molecular weight is 386 g/mol. The molecule has 3 aromatic rings. The van der Waals surface area contributed by atoms with E-state index in [4.69, 9.17) is 4.74 Å². The number of aromatic hydroxyl groups is 1. The van der Waals surface area contributed by atoms with Crippen LogP contribution in [0.1, 0.15) is 29.0 Å². The highest BCUT2D eigenvalue weighted by Gasteiger charge is 2.23. The van der Waals surface area contributed by atoms with Crippen molar-refractivity contribution in [3.8, 4) is 11.5 Å². The van der Waals surface area contributed by atoms with Gasteiger partial charge in [-0.1, -0.05) is 72.8 Å². The number of ketones is 2. The summed E-state index contributed by atoms with van der Waals surface area (Å²) < 4.78 is 5.06. The Bertz CT molecular complexity index is 968. The lowest BCUT2D eigenvalue weighted by atomic mass is 9.86. The Hall–Kier alpha value is -3.66. The molecule has 0 fully saturated rings. The zero-order chi connectivity index (χ0) is 20.6. The molecular weight excluding hydrogens is 364 g/mol. The summed E-state index contributed by atoms with van der Waals surface area (Å²) >= 11 is 0. The second-order valence-corrected chi connectivity index (χ2v) is 6.63. The summed E-state index contributed by atoms with van der Waals surface area (Å²) in [7, 11) is 1.46. The molecule has 0 saturated heterocycles. The van der Waals surface area contributed by atoms with Gasteiger partial charge in [0.05, 0.1) is 19.4 Å². The van der Waals surface area contributed by atoms with Crippen molar-refractivity contribution in [3.05, 3.63) is 102 Å². The van der Waals surface area contributed by atoms with Crippen LogP contribution in [0.25, 0.3) is 6.08 Å². The molecule has 29 heavy (non-hydrogen) atoms. The number of ether oxygens (including phenoxy) is 1. The first-order valence-electron chi connectivity index (χ1n) is 9.29. The Morgan fingerprint density at radius 2 is 1.52 bits per heavy atom. The molecule has 0 bridgehead atoms. The van der Waals surface area contributed by atoms with Gasteiger partial charge < -0.3 is 9.84 Å². The van der Waals surface area contributed by atoms with Crippen LogP contribution < -0.4 is 4.74 Å². The maximum Gasteiger partial charge on any atom is 0.163 e. The van der Waals surface area contributed by atoms with Gasteiger partial charge in [-0.25, -0.2) is 0 Å². The van der Waals surface area contributed by atoms with Crippen molar-refractivity contribution in [1.82, 2.24) is 0 Å². The average Bonchev–Trinajstić information content (AvgIpc) is 2.75. The number of hydrogen-bond donors (Lipinski definition) is 1. The first-order chi connectivity index (χ1) is 14.1. The molecular formula is C25H22O4. The number of allylic oxidation sites excluding steroid dienone is 1. The van der Waals surface area contributed by atoms with Crippen molar-refractivity contribution in [2.75, 3.05) is 7.11 Å². The number of benzene rings is 3. The molecule has 0 aromatic heterocycles. The first-order valence-corrected chi connectivity index (χ1v) is 9.29. The molecule has 0 aliphatic rings. The molecule has 0 aliphatic heterocycles. The van der Waals surface area contributed by atoms with Crippen LogP contribution in [-0.4, -0.2) is 23.8 Å². The smallest absolute Gasteiger partial charge is 0.163 e. The molecule has 3 rings (SSSR count). The Kier molecular flexibility index (Phi) is 6.59. The summed E-state index contributed by atoms with van der Waals surface area (Å²) in [5.41, 5.74) is 2.43. The second kappa shape index (κ2) is 9.51. The van der Waals surface area contributed by atoms with Crippen molar-refractivity contribution in [3.63, 3.8) is 0 Å². The summed E-state index contributed by atoms with van der Waals surface area (Å²) in [6.45, 7) is 0. The molecule has 0 aliphatic carbocycles. The monoisotopic (exact) mass is 386 g/mol. The van der Waals surface area contributed by atoms with E-state index in [1.165, 1.54) is 19.3 Å². The maximum atomic E-state index is 13.0. The first kappa shape index (κ1) is 20.1. The molecule has 0 spiro atoms. The van der Waals surface area contributed by atoms with Gasteiger partial charge in [-0.2, -0.15) is 0 Å². The topological polar surface area (TPSA) is 63.6 Å². The van der Waals surface area contributed by atoms with Crippen LogP contribution >= 0.6 is 0 Å². The standard InChI is InChI=1S/C25H22O4/c1-29-24-16-18(13-15-22(24)27)12-14-21(26)17-23(28)25(19-8-4-2-5-9-19)20-10-6-3-7-11-20/h2-16,25,27H,17H2,1H3/b14-12+. The third kappa shape index (κ3) is 5.20. The molecule has 4 heteroatoms. The molecule has 0 amide bonds. The van der Waals surface area contributed by atoms with E-state index in [1.54, 1.807) is 18.2 Å². The minimum absolute atomic E-state index is 0.0275. The van der Waals surface area contributed by atoms with Crippen LogP contribution in [0.4, 0.5) is 0 Å². The highest BCUT2D eigenvalue weighted by atomic mass is 16.5. The Balaban J connectivity index is 1.76. The third-order valence-electron chi connectivity index (χ3n) is 4.60. The molecule has 0 radical (unpaired) electrons. The van der Waals surface area contributed by atoms with E-state index in [1.807, 2.05) is 60.7 Å². The molecule has 0 saturated carbocycles. The normalized spacial score (nSPS) is 11.0. The molecule has 146 valence electrons. The minimum atomic E-state index is -0.483. The summed E-state index contributed by atoms with van der Waals surface area (Å²) in [6.07, 6.45) is 2.80. The Labute approximate surface area is 170 Å². The van der Waals surface area contributed by atoms with E-state index < -0.39 is 5.92 Å². The largest absolute Gasteiger partial charge is 0.504 e. The highest BCUT2D eigenvalue weighted by Crippen LogP contribution is 2.28. The van der Waals surface area contributed by atoms with Gasteiger partial charge in [0.15, 0.2) is 23.1 Å². The summed E-state index contributed by atoms with van der Waals surface area (Å²) in [4.78, 5) is 25.4. The second-order valence-electron chi connectivity index (χ2n) is 6.63. The van der Waals surface area contributed by atoms with E-state index >= 15 is 0 Å². The van der Waals surface area contributed by atoms with E-state index in [9.17, 15) is 14.7 Å². The molecule has 0 atom stereocenters. The number of Topliss-reactive ketones (excluding diaryl/α,β-unsaturated/α-hetero) is 1. The van der Waals surface area contributed by atoms with Crippen LogP contribution in [0.3, 0.4) is 0 Å². The quantitative estimate of drug-likeness (QED) is 0.447. The van der Waals surface area contributed by atoms with Gasteiger partial charge in [0.1, 0.15) is 0 Å². The van der Waals surface area contributed by atoms with E-state index in [-0.39, 0.29) is 23.7 Å². The predicted octanol–water partition coefficient (Wildman–Crippen LogP) is 4.77. The SMILES string of the molecule is COc1cc(/C=C/C(=O)CC(=O)C(c2ccccc2)c2ccccc2)ccc1O. The number of phenolic OH excluding ortho intramolecular Hbond substituents is 1. The lowest BCUT2D eigenvalue weighted by Crippen LogP contribution is -2.17. The minimum Gasteiger partial charge on any atom is -0.504 e. The van der Waals surface area contributed by atoms with E-state index in [2.05, 4.69) is 0 Å². The number of hydrogen-bond acceptors (Lipinski definition) is 4. The highest BCUT2D eigenvalue weighted by molar-refractivity contribution is 6.09. The molecule has 4 nitrogen and oxygen atoms in total. The van der Waals surface area contributed by atoms with Crippen LogP contribution in [0.2, 0.25) is 0 Å². The zero-order valence-electron chi connectivity index (χ0n) is 16.1. The van der Waals surface area contributed by atoms with Gasteiger partial charge in [0.2, 0.25) is 0 Å². The molecule has 1 N–H and O–H groups in total. The molecule has 0 heterocycles. The van der Waals surface area contributed by atoms with Crippen LogP contribution in [0.5, 0.6) is 11.5 Å². The fraction of sp³-hybridized carbons (Fsp3) is 0.120. The lowest BCUT2D eigenvalue weighted by Gasteiger charge is -2.16. The fourth-order valence-electron chi connectivity index (χ4n) is 3.17. The van der Waals surface area contributed by atoms with Crippen molar-refractivity contribution in [1.29, 1.82) is 0 Å². The third-order valence-corrected chi connectivity index (χ3v) is 4.60. The van der Waals surface area contributed by atoms with Crippen LogP contribution in [0.15, 0.2) is 84.9 Å². The maximum absolute atomic E-state index is 13.0. The summed E-state index contributed by atoms with van der Waals surface area (Å²) in [6, 6.07) is 23.7. The van der Waals surface area contributed by atoms with Gasteiger partial charge in [0, 0.05) is 0 Å². The number of rotatable bonds is 8. The Morgan fingerprint density at radius 1 is 0.931 bits per heavy atom. The van der Waals surface area contributed by atoms with E-state index in [0.29, 0.717) is 11.3 Å². The van der Waals surface area contributed by atoms with E-state index in [0.717, 1.165) is 11.1 Å². The van der Waals surface area contributed by atoms with Crippen molar-refractivity contribution >= 4 is 17.6 Å².